The van der Waals surface area contributed by atoms with Gasteiger partial charge in [-0.05, 0) is 69.2 Å². The number of methoxy groups -OCH3 is 1. The number of aromatic nitrogens is 1. The van der Waals surface area contributed by atoms with Crippen LogP contribution < -0.4 is 15.4 Å². The third-order valence-electron chi connectivity index (χ3n) is 6.73. The van der Waals surface area contributed by atoms with Gasteiger partial charge in [0.15, 0.2) is 9.84 Å². The Labute approximate surface area is 221 Å². The summed E-state index contributed by atoms with van der Waals surface area (Å²) in [5, 5.41) is 8.29. The molecular weight excluding hydrogens is 484 g/mol. The van der Waals surface area contributed by atoms with E-state index in [-0.39, 0.29) is 4.90 Å². The van der Waals surface area contributed by atoms with Gasteiger partial charge in [-0.25, -0.2) is 8.42 Å². The summed E-state index contributed by atoms with van der Waals surface area (Å²) >= 11 is 0. The minimum Gasteiger partial charge on any atom is -0.495 e. The number of hydrogen-bond donors (Lipinski definition) is 2. The number of nitrogens with zero attached hydrogens (tertiary/aromatic N) is 2. The Kier molecular flexibility index (Phi) is 8.35. The van der Waals surface area contributed by atoms with Gasteiger partial charge in [-0.3, -0.25) is 0 Å². The molecule has 2 N–H and O–H groups in total. The predicted octanol–water partition coefficient (Wildman–Crippen LogP) is 4.68. The van der Waals surface area contributed by atoms with Crippen LogP contribution in [0.25, 0.3) is 10.9 Å². The van der Waals surface area contributed by atoms with Crippen LogP contribution in [0.15, 0.2) is 47.5 Å². The Balaban J connectivity index is 1.56. The third-order valence-corrected chi connectivity index (χ3v) is 7.84. The van der Waals surface area contributed by atoms with Crippen molar-refractivity contribution >= 4 is 32.1 Å². The number of piperidine rings is 1. The van der Waals surface area contributed by atoms with Gasteiger partial charge in [0.25, 0.3) is 0 Å². The zero-order valence-electron chi connectivity index (χ0n) is 22.5. The number of ether oxygens (including phenoxy) is 1. The molecule has 8 heteroatoms. The van der Waals surface area contributed by atoms with Gasteiger partial charge in [-0.15, -0.1) is 0 Å². The first-order valence-electron chi connectivity index (χ1n) is 12.8. The minimum absolute atomic E-state index is 0.225. The zero-order valence-corrected chi connectivity index (χ0v) is 23.3. The fourth-order valence-electron chi connectivity index (χ4n) is 4.75. The minimum atomic E-state index is -3.30. The van der Waals surface area contributed by atoms with Crippen LogP contribution in [0, 0.1) is 17.8 Å². The summed E-state index contributed by atoms with van der Waals surface area (Å²) in [6.45, 7) is 8.03. The van der Waals surface area contributed by atoms with E-state index in [4.69, 9.17) is 4.74 Å². The van der Waals surface area contributed by atoms with Crippen molar-refractivity contribution < 1.29 is 13.2 Å². The predicted molar refractivity (Wildman–Crippen MR) is 152 cm³/mol. The summed E-state index contributed by atoms with van der Waals surface area (Å²) in [5.41, 5.74) is 4.01. The normalized spacial score (nSPS) is 15.0. The van der Waals surface area contributed by atoms with Crippen LogP contribution in [0.5, 0.6) is 5.75 Å². The maximum atomic E-state index is 11.8. The average molecular weight is 523 g/mol. The standard InChI is InChI=1S/C29H38N4O3S/c1-21(2)20-33-16-12-25-27(31-23-10-14-32(3)15-11-23)17-22(18-28(25)33)7-6-13-30-26-9-8-24(37(5,34)35)19-29(26)36-4/h8-9,12,16-19,21,23,30-31H,10-11,13-15,20H2,1-5H3. The van der Waals surface area contributed by atoms with E-state index < -0.39 is 9.84 Å². The molecule has 2 heterocycles. The molecule has 198 valence electrons. The molecule has 0 aliphatic carbocycles. The summed E-state index contributed by atoms with van der Waals surface area (Å²) in [6, 6.07) is 11.8. The highest BCUT2D eigenvalue weighted by Crippen LogP contribution is 2.30. The monoisotopic (exact) mass is 522 g/mol. The van der Waals surface area contributed by atoms with Crippen molar-refractivity contribution in [2.24, 2.45) is 5.92 Å². The Bertz CT molecular complexity index is 1410. The molecule has 1 saturated heterocycles. The molecule has 0 atom stereocenters. The van der Waals surface area contributed by atoms with Crippen molar-refractivity contribution in [3.8, 4) is 17.6 Å². The molecule has 0 unspecified atom stereocenters. The highest BCUT2D eigenvalue weighted by molar-refractivity contribution is 7.90. The summed E-state index contributed by atoms with van der Waals surface area (Å²) < 4.78 is 31.4. The molecule has 1 aliphatic heterocycles. The van der Waals surface area contributed by atoms with Gasteiger partial charge in [0, 0.05) is 47.7 Å². The topological polar surface area (TPSA) is 75.6 Å². The van der Waals surface area contributed by atoms with Crippen LogP contribution in [-0.4, -0.2) is 64.0 Å². The van der Waals surface area contributed by atoms with Crippen molar-refractivity contribution in [1.29, 1.82) is 0 Å². The van der Waals surface area contributed by atoms with Crippen molar-refractivity contribution in [3.63, 3.8) is 0 Å². The molecule has 0 amide bonds. The first-order chi connectivity index (χ1) is 17.6. The van der Waals surface area contributed by atoms with Crippen LogP contribution in [-0.2, 0) is 16.4 Å². The molecule has 7 nitrogen and oxygen atoms in total. The lowest BCUT2D eigenvalue weighted by molar-refractivity contribution is 0.264. The lowest BCUT2D eigenvalue weighted by Gasteiger charge is -2.30. The van der Waals surface area contributed by atoms with Gasteiger partial charge >= 0.3 is 0 Å². The molecule has 37 heavy (non-hydrogen) atoms. The number of fused-ring (bicyclic) bond motifs is 1. The molecule has 0 spiro atoms. The summed E-state index contributed by atoms with van der Waals surface area (Å²) in [6.07, 6.45) is 5.62. The van der Waals surface area contributed by atoms with E-state index >= 15 is 0 Å². The van der Waals surface area contributed by atoms with E-state index in [1.807, 2.05) is 0 Å². The first-order valence-corrected chi connectivity index (χ1v) is 14.7. The molecule has 2 aromatic carbocycles. The lowest BCUT2D eigenvalue weighted by atomic mass is 10.0. The second-order valence-electron chi connectivity index (χ2n) is 10.3. The van der Waals surface area contributed by atoms with Crippen LogP contribution in [0.4, 0.5) is 11.4 Å². The van der Waals surface area contributed by atoms with E-state index in [1.54, 1.807) is 12.1 Å². The number of likely N-dealkylation sites (tertiary alicyclic amines) is 1. The molecule has 0 saturated carbocycles. The maximum Gasteiger partial charge on any atom is 0.175 e. The fraction of sp³-hybridized carbons (Fsp3) is 0.448. The zero-order chi connectivity index (χ0) is 26.6. The summed E-state index contributed by atoms with van der Waals surface area (Å²) in [4.78, 5) is 2.61. The van der Waals surface area contributed by atoms with E-state index in [9.17, 15) is 8.42 Å². The smallest absolute Gasteiger partial charge is 0.175 e. The van der Waals surface area contributed by atoms with Crippen molar-refractivity contribution in [1.82, 2.24) is 9.47 Å². The van der Waals surface area contributed by atoms with Crippen LogP contribution in [0.2, 0.25) is 0 Å². The quantitative estimate of drug-likeness (QED) is 0.419. The number of sulfone groups is 1. The molecule has 3 aromatic rings. The second kappa shape index (κ2) is 11.5. The van der Waals surface area contributed by atoms with Gasteiger partial charge in [0.1, 0.15) is 5.75 Å². The van der Waals surface area contributed by atoms with Gasteiger partial charge in [-0.2, -0.15) is 0 Å². The molecular formula is C29H38N4O3S. The SMILES string of the molecule is COc1cc(S(C)(=O)=O)ccc1NCC#Cc1cc(NC2CCN(C)CC2)c2ccn(CC(C)C)c2c1. The number of benzene rings is 2. The van der Waals surface area contributed by atoms with Crippen molar-refractivity contribution in [2.45, 2.75) is 44.2 Å². The van der Waals surface area contributed by atoms with Gasteiger partial charge in [0.2, 0.25) is 0 Å². The number of hydrogen-bond acceptors (Lipinski definition) is 6. The Morgan fingerprint density at radius 2 is 1.86 bits per heavy atom. The molecule has 1 fully saturated rings. The number of rotatable bonds is 8. The summed E-state index contributed by atoms with van der Waals surface area (Å²) in [7, 11) is 0.406. The van der Waals surface area contributed by atoms with Gasteiger partial charge in [0.05, 0.1) is 29.8 Å². The Morgan fingerprint density at radius 3 is 2.54 bits per heavy atom. The highest BCUT2D eigenvalue weighted by Gasteiger charge is 2.18. The van der Waals surface area contributed by atoms with Crippen LogP contribution >= 0.6 is 0 Å². The second-order valence-corrected chi connectivity index (χ2v) is 12.3. The maximum absolute atomic E-state index is 11.8. The molecule has 0 radical (unpaired) electrons. The molecule has 1 aromatic heterocycles. The van der Waals surface area contributed by atoms with Gasteiger partial charge < -0.3 is 24.8 Å². The Morgan fingerprint density at radius 1 is 1.11 bits per heavy atom. The largest absolute Gasteiger partial charge is 0.495 e. The first kappa shape index (κ1) is 26.9. The Hall–Kier alpha value is -3.15. The van der Waals surface area contributed by atoms with Gasteiger partial charge in [-0.1, -0.05) is 25.7 Å². The third kappa shape index (κ3) is 6.79. The highest BCUT2D eigenvalue weighted by atomic mass is 32.2. The van der Waals surface area contributed by atoms with E-state index in [1.165, 1.54) is 30.3 Å². The van der Waals surface area contributed by atoms with E-state index in [0.29, 0.717) is 29.9 Å². The average Bonchev–Trinajstić information content (AvgIpc) is 3.25. The molecule has 1 aliphatic rings. The molecule has 4 rings (SSSR count). The number of anilines is 2. The van der Waals surface area contributed by atoms with E-state index in [2.05, 4.69) is 77.2 Å². The summed E-state index contributed by atoms with van der Waals surface area (Å²) in [5.74, 6) is 7.57. The fourth-order valence-corrected chi connectivity index (χ4v) is 5.38. The number of nitrogens with one attached hydrogen (secondary N) is 2. The van der Waals surface area contributed by atoms with E-state index in [0.717, 1.165) is 43.7 Å². The van der Waals surface area contributed by atoms with Crippen LogP contribution in [0.1, 0.15) is 32.3 Å². The van der Waals surface area contributed by atoms with Crippen LogP contribution in [0.3, 0.4) is 0 Å². The van der Waals surface area contributed by atoms with Crippen molar-refractivity contribution in [3.05, 3.63) is 48.2 Å². The lowest BCUT2D eigenvalue weighted by Crippen LogP contribution is -2.36. The van der Waals surface area contributed by atoms with Crippen molar-refractivity contribution in [2.75, 3.05) is 50.7 Å². The molecule has 0 bridgehead atoms.